The van der Waals surface area contributed by atoms with Crippen LogP contribution in [0.3, 0.4) is 0 Å². The molecule has 1 saturated heterocycles. The van der Waals surface area contributed by atoms with E-state index in [0.29, 0.717) is 11.0 Å². The molecular weight excluding hydrogens is 398 g/mol. The van der Waals surface area contributed by atoms with Crippen molar-refractivity contribution >= 4 is 56.3 Å². The van der Waals surface area contributed by atoms with E-state index in [-0.39, 0.29) is 5.69 Å². The minimum absolute atomic E-state index is 0.246. The number of nitrogens with zero attached hydrogens (tertiary/aromatic N) is 2. The fourth-order valence-electron chi connectivity index (χ4n) is 3.09. The van der Waals surface area contributed by atoms with E-state index < -0.39 is 5.91 Å². The molecule has 0 spiro atoms. The van der Waals surface area contributed by atoms with Crippen molar-refractivity contribution < 1.29 is 4.79 Å². The summed E-state index contributed by atoms with van der Waals surface area (Å²) < 4.78 is 0.817. The Balaban J connectivity index is 2.02. The van der Waals surface area contributed by atoms with Gasteiger partial charge in [-0.2, -0.15) is 16.9 Å². The molecule has 1 fully saturated rings. The Morgan fingerprint density at radius 3 is 2.93 bits per heavy atom. The second-order valence-electron chi connectivity index (χ2n) is 6.61. The summed E-state index contributed by atoms with van der Waals surface area (Å²) in [7, 11) is 0. The summed E-state index contributed by atoms with van der Waals surface area (Å²) in [6.45, 7) is 5.66. The highest BCUT2D eigenvalue weighted by Crippen LogP contribution is 2.35. The lowest BCUT2D eigenvalue weighted by molar-refractivity contribution is 0.0996. The molecule has 0 aliphatic carbocycles. The number of nitrogens with two attached hydrogens (primary N) is 1. The van der Waals surface area contributed by atoms with Gasteiger partial charge in [0.25, 0.3) is 5.91 Å². The van der Waals surface area contributed by atoms with Crippen molar-refractivity contribution in [1.82, 2.24) is 10.2 Å². The summed E-state index contributed by atoms with van der Waals surface area (Å²) in [6.07, 6.45) is 8.69. The Hall–Kier alpha value is -1.63. The predicted octanol–water partition coefficient (Wildman–Crippen LogP) is 5.19. The molecule has 2 aromatic heterocycles. The number of aromatic nitrogens is 2. The lowest BCUT2D eigenvalue weighted by Gasteiger charge is -2.20. The molecule has 1 aliphatic rings. The second-order valence-corrected chi connectivity index (χ2v) is 9.24. The highest BCUT2D eigenvalue weighted by atomic mass is 35.5. The Labute approximate surface area is 172 Å². The number of thiophene rings is 1. The lowest BCUT2D eigenvalue weighted by Crippen LogP contribution is -2.17. The fraction of sp³-hybridized carbons (Fsp3) is 0.350. The summed E-state index contributed by atoms with van der Waals surface area (Å²) in [5, 5.41) is 10.1. The molecule has 142 valence electrons. The summed E-state index contributed by atoms with van der Waals surface area (Å²) >= 11 is 9.52. The van der Waals surface area contributed by atoms with E-state index in [0.717, 1.165) is 38.4 Å². The third-order valence-electron chi connectivity index (χ3n) is 4.57. The molecule has 1 unspecified atom stereocenters. The van der Waals surface area contributed by atoms with Gasteiger partial charge in [-0.05, 0) is 61.3 Å². The Morgan fingerprint density at radius 1 is 1.44 bits per heavy atom. The number of carbonyl (C=O) groups excluding carboxylic acids is 1. The molecule has 0 bridgehead atoms. The topological polar surface area (TPSA) is 68.9 Å². The van der Waals surface area contributed by atoms with Crippen LogP contribution in [0.4, 0.5) is 0 Å². The molecular formula is C20H22ClN3OS2. The number of rotatable bonds is 6. The van der Waals surface area contributed by atoms with Gasteiger partial charge in [-0.1, -0.05) is 30.3 Å². The van der Waals surface area contributed by atoms with Crippen LogP contribution < -0.4 is 5.73 Å². The molecule has 1 atom stereocenters. The average Bonchev–Trinajstić information content (AvgIpc) is 3.12. The molecule has 0 saturated carbocycles. The molecule has 0 radical (unpaired) electrons. The molecule has 27 heavy (non-hydrogen) atoms. The Kier molecular flexibility index (Phi) is 6.73. The van der Waals surface area contributed by atoms with E-state index in [2.05, 4.69) is 22.8 Å². The number of halogens is 1. The van der Waals surface area contributed by atoms with Crippen LogP contribution in [0.1, 0.15) is 40.8 Å². The molecule has 7 heteroatoms. The average molecular weight is 420 g/mol. The lowest BCUT2D eigenvalue weighted by atomic mass is 9.98. The smallest absolute Gasteiger partial charge is 0.270 e. The second kappa shape index (κ2) is 9.04. The minimum Gasteiger partial charge on any atom is -0.364 e. The van der Waals surface area contributed by atoms with Gasteiger partial charge in [0.15, 0.2) is 5.69 Å². The number of primary amides is 1. The molecule has 3 rings (SSSR count). The predicted molar refractivity (Wildman–Crippen MR) is 117 cm³/mol. The number of allylic oxidation sites excluding steroid dienone is 5. The van der Waals surface area contributed by atoms with Gasteiger partial charge in [-0.25, -0.2) is 0 Å². The first-order valence-electron chi connectivity index (χ1n) is 8.83. The SMILES string of the molecule is C=C/C(Cl)=C\C=C(/C)c1cc2c(CC3CCCSC3)nnc(C(N)=O)c2s1. The molecule has 0 aromatic carbocycles. The minimum atomic E-state index is -0.545. The first-order chi connectivity index (χ1) is 13.0. The maximum absolute atomic E-state index is 11.8. The van der Waals surface area contributed by atoms with Crippen LogP contribution in [0.25, 0.3) is 15.7 Å². The Bertz CT molecular complexity index is 927. The first kappa shape index (κ1) is 20.1. The van der Waals surface area contributed by atoms with E-state index in [4.69, 9.17) is 17.3 Å². The van der Waals surface area contributed by atoms with Crippen LogP contribution in [0.5, 0.6) is 0 Å². The van der Waals surface area contributed by atoms with Gasteiger partial charge >= 0.3 is 0 Å². The summed E-state index contributed by atoms with van der Waals surface area (Å²) in [5.41, 5.74) is 7.77. The Morgan fingerprint density at radius 2 is 2.26 bits per heavy atom. The molecule has 2 N–H and O–H groups in total. The number of amides is 1. The number of hydrogen-bond acceptors (Lipinski definition) is 5. The third-order valence-corrected chi connectivity index (χ3v) is 7.42. The molecule has 1 aliphatic heterocycles. The highest BCUT2D eigenvalue weighted by Gasteiger charge is 2.21. The van der Waals surface area contributed by atoms with Crippen LogP contribution in [-0.2, 0) is 6.42 Å². The summed E-state index contributed by atoms with van der Waals surface area (Å²) in [6, 6.07) is 2.09. The van der Waals surface area contributed by atoms with Gasteiger partial charge in [0.05, 0.1) is 10.4 Å². The summed E-state index contributed by atoms with van der Waals surface area (Å²) in [5.74, 6) is 2.46. The maximum Gasteiger partial charge on any atom is 0.270 e. The van der Waals surface area contributed by atoms with Crippen LogP contribution >= 0.6 is 34.7 Å². The van der Waals surface area contributed by atoms with E-state index >= 15 is 0 Å². The number of fused-ring (bicyclic) bond motifs is 1. The van der Waals surface area contributed by atoms with Crippen molar-refractivity contribution in [2.75, 3.05) is 11.5 Å². The van der Waals surface area contributed by atoms with Crippen molar-refractivity contribution in [3.05, 3.63) is 52.2 Å². The van der Waals surface area contributed by atoms with Crippen LogP contribution in [0.15, 0.2) is 35.9 Å². The van der Waals surface area contributed by atoms with E-state index in [1.54, 1.807) is 12.2 Å². The maximum atomic E-state index is 11.8. The third kappa shape index (κ3) is 4.81. The van der Waals surface area contributed by atoms with Gasteiger partial charge in [0.1, 0.15) is 0 Å². The van der Waals surface area contributed by atoms with Crippen molar-refractivity contribution in [1.29, 1.82) is 0 Å². The summed E-state index contributed by atoms with van der Waals surface area (Å²) in [4.78, 5) is 12.9. The largest absolute Gasteiger partial charge is 0.364 e. The zero-order valence-corrected chi connectivity index (χ0v) is 17.6. The van der Waals surface area contributed by atoms with Gasteiger partial charge in [-0.3, -0.25) is 4.79 Å². The van der Waals surface area contributed by atoms with Crippen molar-refractivity contribution in [3.8, 4) is 0 Å². The van der Waals surface area contributed by atoms with E-state index in [9.17, 15) is 4.79 Å². The number of hydrogen-bond donors (Lipinski definition) is 1. The van der Waals surface area contributed by atoms with Gasteiger partial charge < -0.3 is 5.73 Å². The van der Waals surface area contributed by atoms with Crippen molar-refractivity contribution in [3.63, 3.8) is 0 Å². The van der Waals surface area contributed by atoms with Gasteiger partial charge in [-0.15, -0.1) is 16.4 Å². The monoisotopic (exact) mass is 419 g/mol. The molecule has 2 aromatic rings. The zero-order valence-electron chi connectivity index (χ0n) is 15.2. The standard InChI is InChI=1S/C20H22ClN3OS2/c1-3-14(21)7-6-12(2)17-10-15-16(9-13-5-4-8-26-11-13)23-24-18(20(22)25)19(15)27-17/h3,6-7,10,13H,1,4-5,8-9,11H2,2H3,(H2,22,25)/b12-6+,14-7+. The van der Waals surface area contributed by atoms with Crippen molar-refractivity contribution in [2.45, 2.75) is 26.2 Å². The van der Waals surface area contributed by atoms with Crippen LogP contribution in [-0.4, -0.2) is 27.6 Å². The van der Waals surface area contributed by atoms with Crippen LogP contribution in [0, 0.1) is 5.92 Å². The van der Waals surface area contributed by atoms with Gasteiger partial charge in [0.2, 0.25) is 0 Å². The molecule has 1 amide bonds. The molecule has 3 heterocycles. The first-order valence-corrected chi connectivity index (χ1v) is 11.2. The van der Waals surface area contributed by atoms with E-state index in [1.807, 2.05) is 24.8 Å². The van der Waals surface area contributed by atoms with Gasteiger partial charge in [0, 0.05) is 15.3 Å². The van der Waals surface area contributed by atoms with Crippen molar-refractivity contribution in [2.24, 2.45) is 11.7 Å². The quantitative estimate of drug-likeness (QED) is 0.654. The van der Waals surface area contributed by atoms with E-state index in [1.165, 1.54) is 29.9 Å². The normalized spacial score (nSPS) is 18.7. The number of carbonyl (C=O) groups is 1. The highest BCUT2D eigenvalue weighted by molar-refractivity contribution is 7.99. The zero-order chi connectivity index (χ0) is 19.4. The number of thioether (sulfide) groups is 1. The van der Waals surface area contributed by atoms with Crippen LogP contribution in [0.2, 0.25) is 0 Å². The molecule has 4 nitrogen and oxygen atoms in total. The fourth-order valence-corrected chi connectivity index (χ4v) is 5.46.